The van der Waals surface area contributed by atoms with Gasteiger partial charge in [0.2, 0.25) is 0 Å². The highest BCUT2D eigenvalue weighted by Gasteiger charge is 2.43. The van der Waals surface area contributed by atoms with E-state index in [9.17, 15) is 0 Å². The van der Waals surface area contributed by atoms with Crippen LogP contribution in [0.25, 0.3) is 0 Å². The zero-order valence-corrected chi connectivity index (χ0v) is 9.90. The molecule has 1 heterocycles. The molecule has 1 fully saturated rings. The van der Waals surface area contributed by atoms with E-state index in [1.807, 2.05) is 13.8 Å². The molecule has 1 aliphatic heterocycles. The van der Waals surface area contributed by atoms with Gasteiger partial charge in [-0.05, 0) is 20.3 Å². The smallest absolute Gasteiger partial charge is 0.163 e. The molecule has 1 saturated heterocycles. The molecule has 0 radical (unpaired) electrons. The fourth-order valence-electron chi connectivity index (χ4n) is 1.96. The predicted molar refractivity (Wildman–Crippen MR) is 58.4 cm³/mol. The average Bonchev–Trinajstić information content (AvgIpc) is 2.49. The highest BCUT2D eigenvalue weighted by Crippen LogP contribution is 2.31. The van der Waals surface area contributed by atoms with Gasteiger partial charge in [0.05, 0.1) is 18.8 Å². The van der Waals surface area contributed by atoms with Crippen LogP contribution in [0.15, 0.2) is 0 Å². The van der Waals surface area contributed by atoms with Gasteiger partial charge in [0.25, 0.3) is 0 Å². The maximum atomic E-state index is 9.05. The van der Waals surface area contributed by atoms with E-state index in [1.165, 1.54) is 0 Å². The van der Waals surface area contributed by atoms with Gasteiger partial charge in [0, 0.05) is 0 Å². The molecular formula is C11H23NO3. The maximum absolute atomic E-state index is 9.05. The topological polar surface area (TPSA) is 64.7 Å². The van der Waals surface area contributed by atoms with Crippen molar-refractivity contribution in [3.63, 3.8) is 0 Å². The minimum atomic E-state index is -0.574. The van der Waals surface area contributed by atoms with E-state index in [0.29, 0.717) is 0 Å². The molecule has 0 saturated carbocycles. The second kappa shape index (κ2) is 5.25. The van der Waals surface area contributed by atoms with E-state index in [4.69, 9.17) is 20.3 Å². The van der Waals surface area contributed by atoms with Crippen molar-refractivity contribution in [3.05, 3.63) is 0 Å². The van der Waals surface area contributed by atoms with Crippen molar-refractivity contribution in [3.8, 4) is 0 Å². The first-order valence-electron chi connectivity index (χ1n) is 5.72. The van der Waals surface area contributed by atoms with Crippen LogP contribution in [0.2, 0.25) is 0 Å². The van der Waals surface area contributed by atoms with Crippen molar-refractivity contribution in [1.82, 2.24) is 0 Å². The van der Waals surface area contributed by atoms with Crippen LogP contribution < -0.4 is 5.73 Å². The molecule has 3 N–H and O–H groups in total. The van der Waals surface area contributed by atoms with Crippen LogP contribution in [0, 0.1) is 0 Å². The number of hydrogen-bond donors (Lipinski definition) is 2. The van der Waals surface area contributed by atoms with E-state index in [-0.39, 0.29) is 24.9 Å². The molecule has 90 valence electrons. The summed E-state index contributed by atoms with van der Waals surface area (Å²) in [5.41, 5.74) is 5.81. The number of aliphatic hydroxyl groups is 1. The lowest BCUT2D eigenvalue weighted by molar-refractivity contribution is -0.149. The molecule has 3 atom stereocenters. The second-order valence-electron chi connectivity index (χ2n) is 4.63. The van der Waals surface area contributed by atoms with E-state index >= 15 is 0 Å². The van der Waals surface area contributed by atoms with E-state index in [1.54, 1.807) is 0 Å². The third kappa shape index (κ3) is 3.41. The second-order valence-corrected chi connectivity index (χ2v) is 4.63. The van der Waals surface area contributed by atoms with E-state index in [2.05, 4.69) is 6.92 Å². The third-order valence-electron chi connectivity index (χ3n) is 2.70. The van der Waals surface area contributed by atoms with Gasteiger partial charge in [-0.15, -0.1) is 0 Å². The zero-order valence-electron chi connectivity index (χ0n) is 9.90. The summed E-state index contributed by atoms with van der Waals surface area (Å²) in [7, 11) is 0. The third-order valence-corrected chi connectivity index (χ3v) is 2.70. The van der Waals surface area contributed by atoms with Crippen LogP contribution in [0.3, 0.4) is 0 Å². The lowest BCUT2D eigenvalue weighted by Crippen LogP contribution is -2.44. The summed E-state index contributed by atoms with van der Waals surface area (Å²) in [5, 5.41) is 9.05. The highest BCUT2D eigenvalue weighted by molar-refractivity contribution is 4.88. The number of ether oxygens (including phenoxy) is 2. The Morgan fingerprint density at radius 2 is 2.07 bits per heavy atom. The van der Waals surface area contributed by atoms with Gasteiger partial charge in [-0.3, -0.25) is 0 Å². The first kappa shape index (κ1) is 12.9. The number of rotatable bonds is 5. The first-order chi connectivity index (χ1) is 7.00. The van der Waals surface area contributed by atoms with Gasteiger partial charge < -0.3 is 20.3 Å². The van der Waals surface area contributed by atoms with E-state index < -0.39 is 5.79 Å². The van der Waals surface area contributed by atoms with E-state index in [0.717, 1.165) is 19.3 Å². The Morgan fingerprint density at radius 1 is 1.40 bits per heavy atom. The molecule has 0 aliphatic carbocycles. The number of hydrogen-bond acceptors (Lipinski definition) is 4. The summed E-state index contributed by atoms with van der Waals surface area (Å²) in [4.78, 5) is 0. The Balaban J connectivity index is 2.57. The zero-order chi connectivity index (χ0) is 11.5. The molecular weight excluding hydrogens is 194 g/mol. The van der Waals surface area contributed by atoms with Crippen LogP contribution in [-0.2, 0) is 9.47 Å². The van der Waals surface area contributed by atoms with Crippen LogP contribution in [0.4, 0.5) is 0 Å². The van der Waals surface area contributed by atoms with Crippen molar-refractivity contribution in [2.24, 2.45) is 5.73 Å². The molecule has 4 nitrogen and oxygen atoms in total. The molecule has 0 amide bonds. The Bertz CT molecular complexity index is 196. The van der Waals surface area contributed by atoms with Crippen molar-refractivity contribution >= 4 is 0 Å². The Morgan fingerprint density at radius 3 is 2.60 bits per heavy atom. The molecule has 0 bridgehead atoms. The van der Waals surface area contributed by atoms with Gasteiger partial charge in [0.15, 0.2) is 5.79 Å². The molecule has 1 rings (SSSR count). The molecule has 0 spiro atoms. The molecule has 15 heavy (non-hydrogen) atoms. The van der Waals surface area contributed by atoms with Gasteiger partial charge in [-0.25, -0.2) is 0 Å². The van der Waals surface area contributed by atoms with Crippen molar-refractivity contribution in [2.75, 3.05) is 6.61 Å². The average molecular weight is 217 g/mol. The molecule has 0 aromatic rings. The largest absolute Gasteiger partial charge is 0.395 e. The van der Waals surface area contributed by atoms with Gasteiger partial charge >= 0.3 is 0 Å². The van der Waals surface area contributed by atoms with Crippen molar-refractivity contribution < 1.29 is 14.6 Å². The molecule has 0 aromatic carbocycles. The maximum Gasteiger partial charge on any atom is 0.163 e. The van der Waals surface area contributed by atoms with Gasteiger partial charge in [-0.1, -0.05) is 19.8 Å². The summed E-state index contributed by atoms with van der Waals surface area (Å²) < 4.78 is 11.5. The summed E-state index contributed by atoms with van der Waals surface area (Å²) in [6.45, 7) is 5.85. The quantitative estimate of drug-likeness (QED) is 0.721. The Kier molecular flexibility index (Phi) is 4.52. The first-order valence-corrected chi connectivity index (χ1v) is 5.72. The predicted octanol–water partition coefficient (Wildman–Crippen LogP) is 1.02. The molecule has 1 unspecified atom stereocenters. The Labute approximate surface area is 91.7 Å². The van der Waals surface area contributed by atoms with Crippen LogP contribution >= 0.6 is 0 Å². The van der Waals surface area contributed by atoms with Crippen LogP contribution in [-0.4, -0.2) is 35.8 Å². The van der Waals surface area contributed by atoms with Crippen molar-refractivity contribution in [2.45, 2.75) is 64.1 Å². The monoisotopic (exact) mass is 217 g/mol. The summed E-state index contributed by atoms with van der Waals surface area (Å²) >= 11 is 0. The molecule has 4 heteroatoms. The lowest BCUT2D eigenvalue weighted by atomic mass is 10.0. The van der Waals surface area contributed by atoms with Crippen LogP contribution in [0.1, 0.15) is 40.0 Å². The molecule has 1 aliphatic rings. The minimum absolute atomic E-state index is 0.0158. The molecule has 0 aromatic heterocycles. The summed E-state index contributed by atoms with van der Waals surface area (Å²) in [6.07, 6.45) is 3.00. The summed E-state index contributed by atoms with van der Waals surface area (Å²) in [5.74, 6) is -0.574. The number of unbranched alkanes of at least 4 members (excludes halogenated alkanes) is 1. The highest BCUT2D eigenvalue weighted by atomic mass is 16.8. The summed E-state index contributed by atoms with van der Waals surface area (Å²) in [6, 6.07) is -0.353. The van der Waals surface area contributed by atoms with Gasteiger partial charge in [0.1, 0.15) is 6.10 Å². The fourth-order valence-corrected chi connectivity index (χ4v) is 1.96. The Hall–Kier alpha value is -0.160. The minimum Gasteiger partial charge on any atom is -0.395 e. The number of nitrogens with two attached hydrogens (primary N) is 1. The van der Waals surface area contributed by atoms with Crippen molar-refractivity contribution in [1.29, 1.82) is 0 Å². The number of aliphatic hydroxyl groups excluding tert-OH is 1. The van der Waals surface area contributed by atoms with Gasteiger partial charge in [-0.2, -0.15) is 0 Å². The fraction of sp³-hybridized carbons (Fsp3) is 1.00. The van der Waals surface area contributed by atoms with Crippen LogP contribution in [0.5, 0.6) is 0 Å². The normalized spacial score (nSPS) is 31.8. The lowest BCUT2D eigenvalue weighted by Gasteiger charge is -2.21. The SMILES string of the molecule is CCCCC1OC(C)(C)O[C@H]1[C@@H](N)CO. The standard InChI is InChI=1S/C11H23NO3/c1-4-5-6-9-10(8(12)7-13)15-11(2,3)14-9/h8-10,13H,4-7,12H2,1-3H3/t8-,9?,10-/m0/s1.